The molecular formula is C7H15NO2. The van der Waals surface area contributed by atoms with Crippen molar-refractivity contribution in [1.82, 2.24) is 0 Å². The molecule has 0 aromatic rings. The molecule has 3 N–H and O–H groups in total. The third-order valence-electron chi connectivity index (χ3n) is 2.15. The van der Waals surface area contributed by atoms with E-state index in [1.54, 1.807) is 7.11 Å². The quantitative estimate of drug-likeness (QED) is 0.540. The lowest BCUT2D eigenvalue weighted by Crippen LogP contribution is -2.46. The number of aliphatic hydroxyl groups is 1. The van der Waals surface area contributed by atoms with Crippen LogP contribution in [0.5, 0.6) is 0 Å². The summed E-state index contributed by atoms with van der Waals surface area (Å²) in [7, 11) is 1.62. The molecule has 3 nitrogen and oxygen atoms in total. The van der Waals surface area contributed by atoms with Gasteiger partial charge in [-0.3, -0.25) is 0 Å². The molecule has 0 unspecified atom stereocenters. The highest BCUT2D eigenvalue weighted by Gasteiger charge is 2.28. The molecule has 1 fully saturated rings. The van der Waals surface area contributed by atoms with Gasteiger partial charge < -0.3 is 15.6 Å². The Hall–Kier alpha value is -0.120. The van der Waals surface area contributed by atoms with Crippen LogP contribution in [0.4, 0.5) is 0 Å². The van der Waals surface area contributed by atoms with Gasteiger partial charge in [-0.1, -0.05) is 0 Å². The SMILES string of the molecule is CO[C@@H]1CCC[C@@H](N)[C@@H]1O. The first-order chi connectivity index (χ1) is 4.75. The summed E-state index contributed by atoms with van der Waals surface area (Å²) >= 11 is 0. The predicted octanol–water partition coefficient (Wildman–Crippen LogP) is -0.126. The molecule has 0 radical (unpaired) electrons. The summed E-state index contributed by atoms with van der Waals surface area (Å²) in [5.41, 5.74) is 5.61. The number of hydrogen-bond acceptors (Lipinski definition) is 3. The number of ether oxygens (including phenoxy) is 1. The molecule has 0 saturated heterocycles. The van der Waals surface area contributed by atoms with Crippen molar-refractivity contribution in [1.29, 1.82) is 0 Å². The Kier molecular flexibility index (Phi) is 2.65. The van der Waals surface area contributed by atoms with Crippen LogP contribution >= 0.6 is 0 Å². The molecule has 60 valence electrons. The van der Waals surface area contributed by atoms with Gasteiger partial charge in [0.25, 0.3) is 0 Å². The van der Waals surface area contributed by atoms with Gasteiger partial charge in [0.05, 0.1) is 12.2 Å². The second-order valence-electron chi connectivity index (χ2n) is 2.86. The molecule has 0 heterocycles. The van der Waals surface area contributed by atoms with Crippen molar-refractivity contribution in [2.75, 3.05) is 7.11 Å². The largest absolute Gasteiger partial charge is 0.389 e. The van der Waals surface area contributed by atoms with Gasteiger partial charge in [-0.25, -0.2) is 0 Å². The van der Waals surface area contributed by atoms with Crippen LogP contribution in [0.1, 0.15) is 19.3 Å². The van der Waals surface area contributed by atoms with Crippen molar-refractivity contribution < 1.29 is 9.84 Å². The highest BCUT2D eigenvalue weighted by molar-refractivity contribution is 4.84. The van der Waals surface area contributed by atoms with Crippen LogP contribution < -0.4 is 5.73 Å². The van der Waals surface area contributed by atoms with Gasteiger partial charge in [0.2, 0.25) is 0 Å². The maximum Gasteiger partial charge on any atom is 0.0952 e. The lowest BCUT2D eigenvalue weighted by atomic mass is 9.91. The Balaban J connectivity index is 2.42. The normalized spacial score (nSPS) is 41.7. The Morgan fingerprint density at radius 3 is 2.70 bits per heavy atom. The van der Waals surface area contributed by atoms with Crippen LogP contribution in [0.2, 0.25) is 0 Å². The summed E-state index contributed by atoms with van der Waals surface area (Å²) in [6.45, 7) is 0. The van der Waals surface area contributed by atoms with Gasteiger partial charge in [0.1, 0.15) is 0 Å². The van der Waals surface area contributed by atoms with E-state index < -0.39 is 6.10 Å². The monoisotopic (exact) mass is 145 g/mol. The number of rotatable bonds is 1. The zero-order valence-electron chi connectivity index (χ0n) is 6.29. The summed E-state index contributed by atoms with van der Waals surface area (Å²) in [5.74, 6) is 0. The molecule has 0 amide bonds. The predicted molar refractivity (Wildman–Crippen MR) is 38.6 cm³/mol. The maximum absolute atomic E-state index is 9.39. The average molecular weight is 145 g/mol. The van der Waals surface area contributed by atoms with E-state index in [1.807, 2.05) is 0 Å². The fourth-order valence-electron chi connectivity index (χ4n) is 1.43. The van der Waals surface area contributed by atoms with E-state index in [1.165, 1.54) is 0 Å². The molecule has 0 aromatic heterocycles. The van der Waals surface area contributed by atoms with Gasteiger partial charge >= 0.3 is 0 Å². The number of aliphatic hydroxyl groups excluding tert-OH is 1. The smallest absolute Gasteiger partial charge is 0.0952 e. The van der Waals surface area contributed by atoms with Gasteiger partial charge in [-0.05, 0) is 19.3 Å². The van der Waals surface area contributed by atoms with E-state index in [9.17, 15) is 5.11 Å². The fraction of sp³-hybridized carbons (Fsp3) is 1.00. The molecule has 1 rings (SSSR count). The summed E-state index contributed by atoms with van der Waals surface area (Å²) < 4.78 is 5.04. The standard InChI is InChI=1S/C7H15NO2/c1-10-6-4-2-3-5(8)7(6)9/h5-7,9H,2-4,8H2,1H3/t5-,6-,7+/m1/s1. The van der Waals surface area contributed by atoms with Gasteiger partial charge in [-0.2, -0.15) is 0 Å². The zero-order valence-corrected chi connectivity index (χ0v) is 6.29. The Morgan fingerprint density at radius 1 is 1.50 bits per heavy atom. The van der Waals surface area contributed by atoms with Crippen molar-refractivity contribution in [2.24, 2.45) is 5.73 Å². The zero-order chi connectivity index (χ0) is 7.56. The maximum atomic E-state index is 9.39. The first-order valence-electron chi connectivity index (χ1n) is 3.72. The Labute approximate surface area is 61.2 Å². The van der Waals surface area contributed by atoms with Gasteiger partial charge in [0.15, 0.2) is 0 Å². The first kappa shape index (κ1) is 7.98. The van der Waals surface area contributed by atoms with E-state index >= 15 is 0 Å². The molecule has 1 saturated carbocycles. The Bertz CT molecular complexity index is 108. The molecule has 3 heteroatoms. The van der Waals surface area contributed by atoms with Gasteiger partial charge in [-0.15, -0.1) is 0 Å². The van der Waals surface area contributed by atoms with Crippen molar-refractivity contribution >= 4 is 0 Å². The molecule has 0 aliphatic heterocycles. The molecule has 10 heavy (non-hydrogen) atoms. The second kappa shape index (κ2) is 3.32. The highest BCUT2D eigenvalue weighted by atomic mass is 16.5. The number of hydrogen-bond donors (Lipinski definition) is 2. The first-order valence-corrected chi connectivity index (χ1v) is 3.72. The molecule has 0 spiro atoms. The third-order valence-corrected chi connectivity index (χ3v) is 2.15. The average Bonchev–Trinajstić information content (AvgIpc) is 1.95. The van der Waals surface area contributed by atoms with E-state index in [-0.39, 0.29) is 12.1 Å². The summed E-state index contributed by atoms with van der Waals surface area (Å²) in [4.78, 5) is 0. The highest BCUT2D eigenvalue weighted by Crippen LogP contribution is 2.19. The second-order valence-corrected chi connectivity index (χ2v) is 2.86. The third kappa shape index (κ3) is 1.48. The summed E-state index contributed by atoms with van der Waals surface area (Å²) in [5, 5.41) is 9.39. The number of nitrogens with two attached hydrogens (primary N) is 1. The van der Waals surface area contributed by atoms with Crippen molar-refractivity contribution in [2.45, 2.75) is 37.5 Å². The summed E-state index contributed by atoms with van der Waals surface area (Å²) in [6.07, 6.45) is 2.42. The Morgan fingerprint density at radius 2 is 2.20 bits per heavy atom. The van der Waals surface area contributed by atoms with Crippen molar-refractivity contribution in [3.8, 4) is 0 Å². The molecular weight excluding hydrogens is 130 g/mol. The number of methoxy groups -OCH3 is 1. The van der Waals surface area contributed by atoms with Crippen LogP contribution in [0.3, 0.4) is 0 Å². The molecule has 0 bridgehead atoms. The molecule has 1 aliphatic carbocycles. The van der Waals surface area contributed by atoms with Gasteiger partial charge in [0, 0.05) is 13.2 Å². The molecule has 3 atom stereocenters. The van der Waals surface area contributed by atoms with Crippen LogP contribution in [0, 0.1) is 0 Å². The van der Waals surface area contributed by atoms with E-state index in [0.29, 0.717) is 0 Å². The van der Waals surface area contributed by atoms with E-state index in [2.05, 4.69) is 0 Å². The minimum atomic E-state index is -0.459. The minimum Gasteiger partial charge on any atom is -0.389 e. The van der Waals surface area contributed by atoms with Crippen molar-refractivity contribution in [3.63, 3.8) is 0 Å². The lowest BCUT2D eigenvalue weighted by molar-refractivity contribution is -0.0457. The van der Waals surface area contributed by atoms with Crippen LogP contribution in [0.25, 0.3) is 0 Å². The van der Waals surface area contributed by atoms with Crippen molar-refractivity contribution in [3.05, 3.63) is 0 Å². The van der Waals surface area contributed by atoms with E-state index in [0.717, 1.165) is 19.3 Å². The fourth-order valence-corrected chi connectivity index (χ4v) is 1.43. The summed E-state index contributed by atoms with van der Waals surface area (Å²) in [6, 6.07) is -0.0845. The minimum absolute atomic E-state index is 0.0382. The lowest BCUT2D eigenvalue weighted by Gasteiger charge is -2.31. The molecule has 1 aliphatic rings. The van der Waals surface area contributed by atoms with Crippen LogP contribution in [0.15, 0.2) is 0 Å². The van der Waals surface area contributed by atoms with Crippen LogP contribution in [-0.2, 0) is 4.74 Å². The topological polar surface area (TPSA) is 55.5 Å². The van der Waals surface area contributed by atoms with Crippen LogP contribution in [-0.4, -0.2) is 30.5 Å². The molecule has 0 aromatic carbocycles. The van der Waals surface area contributed by atoms with E-state index in [4.69, 9.17) is 10.5 Å².